The number of aliphatic hydroxyl groups excluding tert-OH is 1. The molecular formula is C33H38ClN3O4S. The van der Waals surface area contributed by atoms with E-state index in [0.717, 1.165) is 5.69 Å². The van der Waals surface area contributed by atoms with Gasteiger partial charge < -0.3 is 19.8 Å². The molecule has 0 aliphatic carbocycles. The summed E-state index contributed by atoms with van der Waals surface area (Å²) in [5, 5.41) is 10.7. The normalized spacial score (nSPS) is 28.3. The first kappa shape index (κ1) is 30.4. The van der Waals surface area contributed by atoms with Crippen LogP contribution in [0.25, 0.3) is 0 Å². The van der Waals surface area contributed by atoms with Crippen molar-refractivity contribution in [1.29, 1.82) is 0 Å². The number of thioether (sulfide) groups is 1. The summed E-state index contributed by atoms with van der Waals surface area (Å²) >= 11 is 8.20. The first-order valence-corrected chi connectivity index (χ1v) is 15.8. The second-order valence-corrected chi connectivity index (χ2v) is 13.3. The zero-order valence-corrected chi connectivity index (χ0v) is 25.6. The van der Waals surface area contributed by atoms with Crippen LogP contribution < -0.4 is 9.80 Å². The number of aliphatic hydroxyl groups is 1. The number of rotatable bonds is 11. The van der Waals surface area contributed by atoms with Gasteiger partial charge in [0.15, 0.2) is 0 Å². The lowest BCUT2D eigenvalue weighted by atomic mass is 9.65. The fourth-order valence-electron chi connectivity index (χ4n) is 7.32. The highest BCUT2D eigenvalue weighted by Gasteiger charge is 2.77. The van der Waals surface area contributed by atoms with Crippen molar-refractivity contribution in [2.24, 2.45) is 17.8 Å². The molecule has 1 N–H and O–H groups in total. The van der Waals surface area contributed by atoms with Gasteiger partial charge in [0.1, 0.15) is 6.04 Å². The van der Waals surface area contributed by atoms with Crippen molar-refractivity contribution in [3.05, 3.63) is 84.9 Å². The van der Waals surface area contributed by atoms with E-state index in [-0.39, 0.29) is 42.0 Å². The van der Waals surface area contributed by atoms with Crippen molar-refractivity contribution >= 4 is 52.5 Å². The van der Waals surface area contributed by atoms with Crippen molar-refractivity contribution in [3.8, 4) is 0 Å². The Kier molecular flexibility index (Phi) is 8.88. The number of anilines is 2. The highest BCUT2D eigenvalue weighted by Crippen LogP contribution is 2.69. The Morgan fingerprint density at radius 1 is 1.10 bits per heavy atom. The minimum atomic E-state index is -0.879. The number of benzene rings is 2. The number of halogens is 1. The summed E-state index contributed by atoms with van der Waals surface area (Å²) in [5.74, 6) is -1.97. The molecule has 9 heteroatoms. The van der Waals surface area contributed by atoms with Crippen molar-refractivity contribution in [1.82, 2.24) is 4.90 Å². The largest absolute Gasteiger partial charge is 0.394 e. The maximum Gasteiger partial charge on any atom is 0.251 e. The van der Waals surface area contributed by atoms with Crippen LogP contribution in [0.4, 0.5) is 11.4 Å². The van der Waals surface area contributed by atoms with Crippen LogP contribution >= 0.6 is 23.4 Å². The number of likely N-dealkylation sites (tertiary alicyclic amines) is 1. The average Bonchev–Trinajstić information content (AvgIpc) is 3.59. The third-order valence-electron chi connectivity index (χ3n) is 9.14. The molecule has 0 aromatic heterocycles. The number of hydrogen-bond donors (Lipinski definition) is 1. The summed E-state index contributed by atoms with van der Waals surface area (Å²) in [6.45, 7) is 11.9. The van der Waals surface area contributed by atoms with Crippen molar-refractivity contribution < 1.29 is 19.5 Å². The van der Waals surface area contributed by atoms with Gasteiger partial charge in [-0.2, -0.15) is 0 Å². The summed E-state index contributed by atoms with van der Waals surface area (Å²) < 4.78 is -0.834. The molecule has 7 atom stereocenters. The lowest BCUT2D eigenvalue weighted by Crippen LogP contribution is -2.59. The minimum absolute atomic E-state index is 0.0120. The molecule has 2 bridgehead atoms. The number of nitrogens with zero attached hydrogens (tertiary/aromatic N) is 3. The number of amides is 3. The van der Waals surface area contributed by atoms with E-state index in [0.29, 0.717) is 30.1 Å². The van der Waals surface area contributed by atoms with Crippen molar-refractivity contribution in [2.75, 3.05) is 29.5 Å². The second kappa shape index (κ2) is 12.3. The zero-order valence-electron chi connectivity index (χ0n) is 24.1. The molecule has 7 nitrogen and oxygen atoms in total. The van der Waals surface area contributed by atoms with Gasteiger partial charge in [0, 0.05) is 24.0 Å². The molecule has 3 aliphatic heterocycles. The highest BCUT2D eigenvalue weighted by atomic mass is 35.5. The number of carbonyl (C=O) groups excluding carboxylic acids is 3. The van der Waals surface area contributed by atoms with Crippen LogP contribution in [0.1, 0.15) is 26.7 Å². The van der Waals surface area contributed by atoms with Gasteiger partial charge in [-0.15, -0.1) is 24.9 Å². The number of para-hydroxylation sites is 2. The Hall–Kier alpha value is -3.07. The van der Waals surface area contributed by atoms with Gasteiger partial charge in [-0.05, 0) is 43.0 Å². The molecule has 0 saturated carbocycles. The summed E-state index contributed by atoms with van der Waals surface area (Å²) in [5.41, 5.74) is 1.28. The molecule has 2 aromatic carbocycles. The summed E-state index contributed by atoms with van der Waals surface area (Å²) in [7, 11) is 0. The van der Waals surface area contributed by atoms with Gasteiger partial charge >= 0.3 is 0 Å². The summed E-state index contributed by atoms with van der Waals surface area (Å²) in [6.07, 6.45) is 4.51. The Bertz CT molecular complexity index is 1370. The van der Waals surface area contributed by atoms with Gasteiger partial charge in [0.2, 0.25) is 11.8 Å². The molecule has 0 radical (unpaired) electrons. The van der Waals surface area contributed by atoms with Crippen molar-refractivity contribution in [3.63, 3.8) is 0 Å². The highest BCUT2D eigenvalue weighted by molar-refractivity contribution is 8.02. The molecule has 3 aliphatic rings. The third kappa shape index (κ3) is 4.68. The molecular weight excluding hydrogens is 570 g/mol. The van der Waals surface area contributed by atoms with E-state index >= 15 is 0 Å². The Balaban J connectivity index is 1.63. The van der Waals surface area contributed by atoms with Gasteiger partial charge in [0.25, 0.3) is 5.91 Å². The Morgan fingerprint density at radius 2 is 1.74 bits per heavy atom. The molecule has 1 spiro atoms. The first-order valence-electron chi connectivity index (χ1n) is 14.5. The standard InChI is InChI=1S/C33H38ClN3O4S/c1-5-17-35(23-13-9-8-10-14-23)30(39)27-26-19-21(4)33(42-26)28(27)31(40)37(22(7-3)20-38)29(33)32(41)36(18-6-2)25-16-12-11-15-24(25)34/h5-6,8-16,21-22,26-29,38H,1-2,7,17-20H2,3-4H3/t21?,22-,26+,27-,28-,29?,33?/m0/s1. The van der Waals surface area contributed by atoms with E-state index in [1.54, 1.807) is 56.8 Å². The first-order chi connectivity index (χ1) is 20.3. The average molecular weight is 608 g/mol. The molecule has 3 unspecified atom stereocenters. The number of fused-ring (bicyclic) bond motifs is 1. The number of carbonyl (C=O) groups is 3. The van der Waals surface area contributed by atoms with E-state index in [9.17, 15) is 19.5 Å². The van der Waals surface area contributed by atoms with Crippen LogP contribution in [0.5, 0.6) is 0 Å². The van der Waals surface area contributed by atoms with Gasteiger partial charge in [-0.3, -0.25) is 14.4 Å². The van der Waals surface area contributed by atoms with Gasteiger partial charge in [-0.25, -0.2) is 0 Å². The zero-order chi connectivity index (χ0) is 30.2. The van der Waals surface area contributed by atoms with Crippen molar-refractivity contribution in [2.45, 2.75) is 48.8 Å². The smallest absolute Gasteiger partial charge is 0.251 e. The Morgan fingerprint density at radius 3 is 2.36 bits per heavy atom. The van der Waals surface area contributed by atoms with Gasteiger partial charge in [-0.1, -0.05) is 67.9 Å². The van der Waals surface area contributed by atoms with Crippen LogP contribution in [-0.4, -0.2) is 69.5 Å². The summed E-state index contributed by atoms with van der Waals surface area (Å²) in [4.78, 5) is 48.7. The van der Waals surface area contributed by atoms with Gasteiger partial charge in [0.05, 0.1) is 39.9 Å². The fourth-order valence-corrected chi connectivity index (χ4v) is 9.96. The SMILES string of the molecule is C=CCN(C(=O)[C@@H]1[C@H]2C(=O)N([C@@H](CC)CO)C(C(=O)N(CC=C)c3ccccc3Cl)C23S[C@@H]1CC3C)c1ccccc1. The quantitative estimate of drug-likeness (QED) is 0.356. The van der Waals surface area contributed by atoms with E-state index in [1.807, 2.05) is 43.3 Å². The second-order valence-electron chi connectivity index (χ2n) is 11.3. The maximum atomic E-state index is 14.8. The van der Waals surface area contributed by atoms with E-state index in [4.69, 9.17) is 11.6 Å². The maximum absolute atomic E-state index is 14.8. The molecule has 3 amide bonds. The molecule has 222 valence electrons. The lowest BCUT2D eigenvalue weighted by molar-refractivity contribution is -0.142. The molecule has 3 heterocycles. The monoisotopic (exact) mass is 607 g/mol. The topological polar surface area (TPSA) is 81.2 Å². The van der Waals surface area contributed by atoms with Crippen LogP contribution in [0.2, 0.25) is 5.02 Å². The molecule has 3 saturated heterocycles. The lowest BCUT2D eigenvalue weighted by Gasteiger charge is -2.42. The van der Waals surface area contributed by atoms with Crippen LogP contribution in [0.15, 0.2) is 79.9 Å². The van der Waals surface area contributed by atoms with Crippen LogP contribution in [0, 0.1) is 17.8 Å². The predicted molar refractivity (Wildman–Crippen MR) is 170 cm³/mol. The van der Waals surface area contributed by atoms with E-state index in [2.05, 4.69) is 20.1 Å². The fraction of sp³-hybridized carbons (Fsp3) is 0.424. The third-order valence-corrected chi connectivity index (χ3v) is 11.5. The molecule has 5 rings (SSSR count). The van der Waals surface area contributed by atoms with E-state index < -0.39 is 28.7 Å². The number of hydrogen-bond acceptors (Lipinski definition) is 5. The van der Waals surface area contributed by atoms with E-state index in [1.165, 1.54) is 0 Å². The van der Waals surface area contributed by atoms with Crippen LogP contribution in [0.3, 0.4) is 0 Å². The van der Waals surface area contributed by atoms with Crippen LogP contribution in [-0.2, 0) is 14.4 Å². The molecule has 2 aromatic rings. The Labute approximate surface area is 257 Å². The summed E-state index contributed by atoms with van der Waals surface area (Å²) in [6, 6.07) is 15.1. The minimum Gasteiger partial charge on any atom is -0.394 e. The predicted octanol–water partition coefficient (Wildman–Crippen LogP) is 5.19. The molecule has 3 fully saturated rings. The molecule has 42 heavy (non-hydrogen) atoms.